The summed E-state index contributed by atoms with van der Waals surface area (Å²) in [5.41, 5.74) is -3.71. The Balaban J connectivity index is 0. The van der Waals surface area contributed by atoms with E-state index in [1.807, 2.05) is 0 Å². The number of hydrogen-bond donors (Lipinski definition) is 1. The predicted octanol–water partition coefficient (Wildman–Crippen LogP) is 2.18. The molecule has 0 aromatic rings. The summed E-state index contributed by atoms with van der Waals surface area (Å²) in [4.78, 5) is 91.8. The Bertz CT molecular complexity index is 1360. The van der Waals surface area contributed by atoms with Gasteiger partial charge in [0.05, 0.1) is 36.1 Å². The molecular weight excluding hydrogens is 768 g/mol. The first-order chi connectivity index (χ1) is 27.5. The third-order valence-corrected chi connectivity index (χ3v) is 7.40. The van der Waals surface area contributed by atoms with Crippen LogP contribution in [0.1, 0.15) is 13.3 Å². The van der Waals surface area contributed by atoms with Crippen LogP contribution in [0, 0.1) is 16.2 Å². The van der Waals surface area contributed by atoms with Gasteiger partial charge in [0, 0.05) is 48.6 Å². The number of rotatable bonds is 30. The lowest BCUT2D eigenvalue weighted by atomic mass is 9.88. The maximum Gasteiger partial charge on any atom is 0.330 e. The van der Waals surface area contributed by atoms with Crippen LogP contribution < -0.4 is 0 Å². The van der Waals surface area contributed by atoms with Crippen molar-refractivity contribution in [2.75, 3.05) is 72.7 Å². The van der Waals surface area contributed by atoms with E-state index in [2.05, 4.69) is 52.6 Å². The summed E-state index contributed by atoms with van der Waals surface area (Å²) in [7, 11) is 0. The van der Waals surface area contributed by atoms with Crippen LogP contribution in [-0.2, 0) is 81.0 Å². The monoisotopic (exact) mass is 820 g/mol. The van der Waals surface area contributed by atoms with Gasteiger partial charge in [-0.1, -0.05) is 59.6 Å². The fraction of sp³-hybridized carbons (Fsp3) is 0.400. The quantitative estimate of drug-likeness (QED) is 0.0620. The van der Waals surface area contributed by atoms with Crippen molar-refractivity contribution in [3.63, 3.8) is 0 Å². The smallest absolute Gasteiger partial charge is 0.330 e. The summed E-state index contributed by atoms with van der Waals surface area (Å²) >= 11 is 0. The second kappa shape index (κ2) is 29.8. The van der Waals surface area contributed by atoms with Gasteiger partial charge in [-0.2, -0.15) is 0 Å². The molecule has 18 nitrogen and oxygen atoms in total. The Morgan fingerprint density at radius 1 is 0.362 bits per heavy atom. The second-order valence-corrected chi connectivity index (χ2v) is 12.0. The SMILES string of the molecule is C=CC(=O)OCC(CC)(COC(=O)C=C)COC(=O)C=C.C=CC(=O)OCC(CO)(COCC(COC(=O)C=C)(COC(=O)C=C)COC(=O)C=C)COC(=O)C=C. The average Bonchev–Trinajstić information content (AvgIpc) is 3.26. The van der Waals surface area contributed by atoms with Gasteiger partial charge >= 0.3 is 47.8 Å². The molecule has 0 aliphatic rings. The van der Waals surface area contributed by atoms with Crippen molar-refractivity contribution >= 4 is 47.8 Å². The summed E-state index contributed by atoms with van der Waals surface area (Å²) in [6.07, 6.45) is 8.01. The highest BCUT2D eigenvalue weighted by Crippen LogP contribution is 2.26. The Kier molecular flexibility index (Phi) is 27.6. The molecule has 0 aromatic heterocycles. The van der Waals surface area contributed by atoms with Gasteiger partial charge in [-0.3, -0.25) is 0 Å². The number of aliphatic hydroxyl groups excluding tert-OH is 1. The number of esters is 8. The van der Waals surface area contributed by atoms with Gasteiger partial charge in [0.1, 0.15) is 52.9 Å². The van der Waals surface area contributed by atoms with Gasteiger partial charge in [0.25, 0.3) is 0 Å². The second-order valence-electron chi connectivity index (χ2n) is 12.0. The molecule has 0 amide bonds. The predicted molar refractivity (Wildman–Crippen MR) is 205 cm³/mol. The zero-order valence-corrected chi connectivity index (χ0v) is 32.6. The minimum atomic E-state index is -1.44. The molecule has 0 bridgehead atoms. The van der Waals surface area contributed by atoms with Gasteiger partial charge in [0.15, 0.2) is 0 Å². The molecule has 320 valence electrons. The van der Waals surface area contributed by atoms with E-state index in [0.29, 0.717) is 6.42 Å². The van der Waals surface area contributed by atoms with Gasteiger partial charge in [-0.05, 0) is 6.42 Å². The van der Waals surface area contributed by atoms with Crippen LogP contribution in [-0.4, -0.2) is 126 Å². The van der Waals surface area contributed by atoms with E-state index in [0.717, 1.165) is 48.6 Å². The number of carbonyl (C=O) groups is 8. The number of carbonyl (C=O) groups excluding carboxylic acids is 8. The highest BCUT2D eigenvalue weighted by Gasteiger charge is 2.39. The largest absolute Gasteiger partial charge is 0.462 e. The van der Waals surface area contributed by atoms with Gasteiger partial charge in [-0.15, -0.1) is 0 Å². The highest BCUT2D eigenvalue weighted by molar-refractivity contribution is 5.84. The summed E-state index contributed by atoms with van der Waals surface area (Å²) < 4.78 is 46.1. The molecule has 0 aromatic carbocycles. The zero-order valence-electron chi connectivity index (χ0n) is 32.6. The number of ether oxygens (including phenoxy) is 9. The summed E-state index contributed by atoms with van der Waals surface area (Å²) in [6.45, 7) is 24.3. The van der Waals surface area contributed by atoms with Crippen LogP contribution in [0.3, 0.4) is 0 Å². The number of aliphatic hydroxyl groups is 1. The lowest BCUT2D eigenvalue weighted by molar-refractivity contribution is -0.167. The standard InChI is InChI=1S/C25H32O12.C15H20O6/c1-6-19(27)33-14-24(11-26,15-34-20(28)7-2)12-32-13-25(16-35-21(29)8-3,17-36-22(30)9-4)18-37-23(31)10-5;1-5-12(16)19-9-15(8-4,10-20-13(17)6-2)11-21-14(18)7-3/h6-10,26H,1-5,11-18H2;5-7H,1-3,8-11H2,4H3. The van der Waals surface area contributed by atoms with Crippen LogP contribution in [0.5, 0.6) is 0 Å². The van der Waals surface area contributed by atoms with E-state index >= 15 is 0 Å². The van der Waals surface area contributed by atoms with Crippen LogP contribution in [0.4, 0.5) is 0 Å². The van der Waals surface area contributed by atoms with E-state index in [1.165, 1.54) is 0 Å². The Labute approximate surface area is 337 Å². The lowest BCUT2D eigenvalue weighted by Crippen LogP contribution is -2.46. The van der Waals surface area contributed by atoms with Gasteiger partial charge in [-0.25, -0.2) is 38.4 Å². The maximum atomic E-state index is 11.7. The zero-order chi connectivity index (χ0) is 44.6. The van der Waals surface area contributed by atoms with Gasteiger partial charge in [0.2, 0.25) is 0 Å². The summed E-state index contributed by atoms with van der Waals surface area (Å²) in [6, 6.07) is 0. The maximum absolute atomic E-state index is 11.7. The lowest BCUT2D eigenvalue weighted by Gasteiger charge is -2.34. The molecule has 0 fully saturated rings. The Morgan fingerprint density at radius 3 is 0.741 bits per heavy atom. The summed E-state index contributed by atoms with van der Waals surface area (Å²) in [5, 5.41) is 10.0. The topological polar surface area (TPSA) is 240 Å². The molecule has 0 radical (unpaired) electrons. The minimum absolute atomic E-state index is 0.0802. The van der Waals surface area contributed by atoms with Crippen molar-refractivity contribution in [2.24, 2.45) is 16.2 Å². The van der Waals surface area contributed by atoms with Crippen molar-refractivity contribution in [2.45, 2.75) is 13.3 Å². The molecule has 0 aliphatic heterocycles. The van der Waals surface area contributed by atoms with E-state index in [4.69, 9.17) is 42.6 Å². The van der Waals surface area contributed by atoms with Crippen molar-refractivity contribution < 1.29 is 86.1 Å². The Morgan fingerprint density at radius 2 is 0.552 bits per heavy atom. The molecule has 0 spiro atoms. The third kappa shape index (κ3) is 22.9. The van der Waals surface area contributed by atoms with E-state index in [1.54, 1.807) is 6.92 Å². The molecule has 0 aliphatic carbocycles. The highest BCUT2D eigenvalue weighted by atomic mass is 16.6. The normalized spacial score (nSPS) is 10.5. The fourth-order valence-electron chi connectivity index (χ4n) is 3.69. The molecular formula is C40H52O18. The molecule has 58 heavy (non-hydrogen) atoms. The van der Waals surface area contributed by atoms with Crippen LogP contribution in [0.2, 0.25) is 0 Å². The molecule has 1 N–H and O–H groups in total. The number of hydrogen-bond acceptors (Lipinski definition) is 18. The van der Waals surface area contributed by atoms with E-state index in [9.17, 15) is 43.5 Å². The summed E-state index contributed by atoms with van der Waals surface area (Å²) in [5.74, 6) is -5.88. The molecule has 0 rings (SSSR count). The molecule has 18 heteroatoms. The first-order valence-corrected chi connectivity index (χ1v) is 17.0. The van der Waals surface area contributed by atoms with Crippen molar-refractivity contribution in [3.05, 3.63) is 101 Å². The van der Waals surface area contributed by atoms with E-state index in [-0.39, 0.29) is 33.0 Å². The first-order valence-electron chi connectivity index (χ1n) is 17.0. The fourth-order valence-corrected chi connectivity index (χ4v) is 3.69. The van der Waals surface area contributed by atoms with Gasteiger partial charge < -0.3 is 47.7 Å². The molecule has 0 unspecified atom stereocenters. The van der Waals surface area contributed by atoms with Crippen LogP contribution in [0.25, 0.3) is 0 Å². The first kappa shape index (κ1) is 53.7. The molecule has 0 saturated heterocycles. The van der Waals surface area contributed by atoms with Crippen molar-refractivity contribution in [1.82, 2.24) is 0 Å². The molecule has 0 atom stereocenters. The third-order valence-electron chi connectivity index (χ3n) is 7.40. The average molecular weight is 821 g/mol. The van der Waals surface area contributed by atoms with Crippen molar-refractivity contribution in [3.8, 4) is 0 Å². The Hall–Kier alpha value is -6.40. The molecule has 0 heterocycles. The van der Waals surface area contributed by atoms with Crippen molar-refractivity contribution in [1.29, 1.82) is 0 Å². The van der Waals surface area contributed by atoms with Crippen LogP contribution in [0.15, 0.2) is 101 Å². The van der Waals surface area contributed by atoms with E-state index < -0.39 is 104 Å². The van der Waals surface area contributed by atoms with Crippen LogP contribution >= 0.6 is 0 Å². The molecule has 0 saturated carbocycles. The minimum Gasteiger partial charge on any atom is -0.462 e.